The van der Waals surface area contributed by atoms with E-state index in [0.717, 1.165) is 26.7 Å². The first-order valence-electron chi connectivity index (χ1n) is 7.32. The Hall–Kier alpha value is 1.14. The molecule has 0 unspecified atom stereocenters. The van der Waals surface area contributed by atoms with Gasteiger partial charge in [0.2, 0.25) is 0 Å². The maximum absolute atomic E-state index is 3.86. The number of rotatable bonds is 1. The third-order valence-electron chi connectivity index (χ3n) is 5.71. The molecule has 4 fully saturated rings. The molecule has 0 aromatic heterocycles. The van der Waals surface area contributed by atoms with E-state index < -0.39 is 0 Å². The molecule has 0 heterocycles. The zero-order chi connectivity index (χ0) is 14.1. The van der Waals surface area contributed by atoms with Gasteiger partial charge in [0.05, 0.1) is 0 Å². The Balaban J connectivity index is 1.85. The fraction of sp³-hybridized carbons (Fsp3) is 0.625. The summed E-state index contributed by atoms with van der Waals surface area (Å²) < 4.78 is 4.68. The maximum atomic E-state index is 3.86. The normalized spacial score (nSPS) is 38.5. The first-order chi connectivity index (χ1) is 9.48. The molecule has 1 aromatic carbocycles. The second-order valence-electron chi connectivity index (χ2n) is 7.05. The van der Waals surface area contributed by atoms with Crippen molar-refractivity contribution in [3.63, 3.8) is 0 Å². The van der Waals surface area contributed by atoms with E-state index in [1.54, 1.807) is 0 Å². The Morgan fingerprint density at radius 2 is 1.25 bits per heavy atom. The van der Waals surface area contributed by atoms with Crippen molar-refractivity contribution in [3.05, 3.63) is 29.5 Å². The fourth-order valence-electron chi connectivity index (χ4n) is 5.40. The van der Waals surface area contributed by atoms with Gasteiger partial charge in [-0.1, -0.05) is 0 Å². The molecule has 5 rings (SSSR count). The van der Waals surface area contributed by atoms with E-state index in [9.17, 15) is 0 Å². The van der Waals surface area contributed by atoms with Gasteiger partial charge in [-0.05, 0) is 137 Å². The lowest BCUT2D eigenvalue weighted by Gasteiger charge is -2.57. The molecule has 0 saturated heterocycles. The predicted molar refractivity (Wildman–Crippen MR) is 97.1 cm³/mol. The second-order valence-corrected chi connectivity index (χ2v) is 10.3. The van der Waals surface area contributed by atoms with Gasteiger partial charge in [-0.3, -0.25) is 0 Å². The fourth-order valence-corrected chi connectivity index (χ4v) is 7.83. The lowest BCUT2D eigenvalue weighted by atomic mass is 9.48. The smallest absolute Gasteiger partial charge is 0.0474 e. The van der Waals surface area contributed by atoms with Crippen molar-refractivity contribution in [2.75, 3.05) is 0 Å². The average molecular weight is 528 g/mol. The summed E-state index contributed by atoms with van der Waals surface area (Å²) in [5, 5.41) is 0. The highest BCUT2D eigenvalue weighted by atomic mass is 79.9. The minimum atomic E-state index is 0.430. The van der Waals surface area contributed by atoms with Gasteiger partial charge in [0, 0.05) is 17.9 Å². The van der Waals surface area contributed by atoms with E-state index in [2.05, 4.69) is 69.8 Å². The molecule has 0 aliphatic heterocycles. The summed E-state index contributed by atoms with van der Waals surface area (Å²) in [6, 6.07) is 2.35. The number of benzene rings is 1. The van der Waals surface area contributed by atoms with Crippen LogP contribution in [0.15, 0.2) is 24.0 Å². The van der Waals surface area contributed by atoms with Crippen LogP contribution in [0.5, 0.6) is 0 Å². The average Bonchev–Trinajstić information content (AvgIpc) is 2.39. The Labute approximate surface area is 154 Å². The van der Waals surface area contributed by atoms with Crippen LogP contribution in [0.4, 0.5) is 0 Å². The number of halogens is 4. The van der Waals surface area contributed by atoms with Crippen LogP contribution in [0.2, 0.25) is 0 Å². The third-order valence-corrected chi connectivity index (χ3v) is 10.4. The quantitative estimate of drug-likeness (QED) is 0.267. The molecule has 4 saturated carbocycles. The molecule has 1 aromatic rings. The predicted octanol–water partition coefficient (Wildman–Crippen LogP) is 7.20. The molecule has 4 aliphatic rings. The zero-order valence-electron chi connectivity index (χ0n) is 11.1. The Morgan fingerprint density at radius 3 is 1.75 bits per heavy atom. The minimum Gasteiger partial charge on any atom is -0.0496 e. The molecule has 4 heteroatoms. The highest BCUT2D eigenvalue weighted by molar-refractivity contribution is 9.15. The van der Waals surface area contributed by atoms with Crippen molar-refractivity contribution < 1.29 is 0 Å². The third kappa shape index (κ3) is 2.15. The van der Waals surface area contributed by atoms with Crippen molar-refractivity contribution >= 4 is 63.7 Å². The van der Waals surface area contributed by atoms with Crippen molar-refractivity contribution in [1.29, 1.82) is 0 Å². The van der Waals surface area contributed by atoms with E-state index in [0.29, 0.717) is 5.41 Å². The molecule has 0 spiro atoms. The molecule has 4 aliphatic carbocycles. The van der Waals surface area contributed by atoms with Crippen LogP contribution in [0.25, 0.3) is 0 Å². The van der Waals surface area contributed by atoms with Gasteiger partial charge < -0.3 is 0 Å². The van der Waals surface area contributed by atoms with Gasteiger partial charge in [0.25, 0.3) is 0 Å². The van der Waals surface area contributed by atoms with Gasteiger partial charge in [0.15, 0.2) is 0 Å². The second kappa shape index (κ2) is 5.07. The molecular formula is C16H16Br4. The number of hydrogen-bond donors (Lipinski definition) is 0. The van der Waals surface area contributed by atoms with Crippen molar-refractivity contribution in [2.45, 2.75) is 43.9 Å². The van der Waals surface area contributed by atoms with E-state index in [1.807, 2.05) is 0 Å². The van der Waals surface area contributed by atoms with Crippen LogP contribution in [0.1, 0.15) is 44.1 Å². The van der Waals surface area contributed by atoms with E-state index in [-0.39, 0.29) is 0 Å². The first kappa shape index (κ1) is 14.7. The topological polar surface area (TPSA) is 0 Å². The highest BCUT2D eigenvalue weighted by Crippen LogP contribution is 2.62. The summed E-state index contributed by atoms with van der Waals surface area (Å²) in [5.41, 5.74) is 1.96. The first-order valence-corrected chi connectivity index (χ1v) is 10.5. The molecule has 0 amide bonds. The lowest BCUT2D eigenvalue weighted by molar-refractivity contribution is -0.00558. The van der Waals surface area contributed by atoms with Gasteiger partial charge in [-0.2, -0.15) is 0 Å². The molecule has 0 nitrogen and oxygen atoms in total. The Bertz CT molecular complexity index is 543. The SMILES string of the molecule is Brc1cc(C23CC4CC(CC(C4)C2)C3)c(Br)c(Br)c1Br. The van der Waals surface area contributed by atoms with Crippen molar-refractivity contribution in [2.24, 2.45) is 17.8 Å². The minimum absolute atomic E-state index is 0.430. The van der Waals surface area contributed by atoms with Gasteiger partial charge >= 0.3 is 0 Å². The Kier molecular flexibility index (Phi) is 3.73. The molecular weight excluding hydrogens is 512 g/mol. The molecule has 0 N–H and O–H groups in total. The molecule has 108 valence electrons. The van der Waals surface area contributed by atoms with Crippen molar-refractivity contribution in [3.8, 4) is 0 Å². The summed E-state index contributed by atoms with van der Waals surface area (Å²) in [5.74, 6) is 2.94. The van der Waals surface area contributed by atoms with Gasteiger partial charge in [0.1, 0.15) is 0 Å². The van der Waals surface area contributed by atoms with Crippen LogP contribution in [-0.4, -0.2) is 0 Å². The van der Waals surface area contributed by atoms with E-state index in [4.69, 9.17) is 0 Å². The standard InChI is InChI=1S/C16H16Br4/c17-12-4-11(13(18)15(20)14(12)19)16-5-8-1-9(6-16)3-10(2-8)7-16/h4,8-10H,1-3,5-7H2. The number of hydrogen-bond acceptors (Lipinski definition) is 0. The summed E-state index contributed by atoms with van der Waals surface area (Å²) in [6.07, 6.45) is 8.69. The van der Waals surface area contributed by atoms with E-state index >= 15 is 0 Å². The van der Waals surface area contributed by atoms with Crippen LogP contribution in [0.3, 0.4) is 0 Å². The van der Waals surface area contributed by atoms with Gasteiger partial charge in [-0.15, -0.1) is 0 Å². The molecule has 0 radical (unpaired) electrons. The maximum Gasteiger partial charge on any atom is 0.0474 e. The largest absolute Gasteiger partial charge is 0.0496 e. The van der Waals surface area contributed by atoms with Crippen LogP contribution < -0.4 is 0 Å². The van der Waals surface area contributed by atoms with Crippen LogP contribution >= 0.6 is 63.7 Å². The molecule has 0 atom stereocenters. The van der Waals surface area contributed by atoms with E-state index in [1.165, 1.54) is 53.0 Å². The highest BCUT2D eigenvalue weighted by Gasteiger charge is 2.52. The van der Waals surface area contributed by atoms with Crippen LogP contribution in [-0.2, 0) is 5.41 Å². The lowest BCUT2D eigenvalue weighted by Crippen LogP contribution is -2.48. The zero-order valence-corrected chi connectivity index (χ0v) is 17.4. The Morgan fingerprint density at radius 1 is 0.750 bits per heavy atom. The molecule has 4 bridgehead atoms. The molecule has 20 heavy (non-hydrogen) atoms. The summed E-state index contributed by atoms with van der Waals surface area (Å²) in [4.78, 5) is 0. The van der Waals surface area contributed by atoms with Crippen molar-refractivity contribution in [1.82, 2.24) is 0 Å². The van der Waals surface area contributed by atoms with Crippen LogP contribution in [0, 0.1) is 17.8 Å². The monoisotopic (exact) mass is 524 g/mol. The summed E-state index contributed by atoms with van der Waals surface area (Å²) >= 11 is 15.0. The summed E-state index contributed by atoms with van der Waals surface area (Å²) in [6.45, 7) is 0. The van der Waals surface area contributed by atoms with Gasteiger partial charge in [-0.25, -0.2) is 0 Å². The summed E-state index contributed by atoms with van der Waals surface area (Å²) in [7, 11) is 0.